The van der Waals surface area contributed by atoms with E-state index in [0.29, 0.717) is 24.7 Å². The molecule has 0 heterocycles. The molecule has 4 bridgehead atoms. The van der Waals surface area contributed by atoms with Crippen molar-refractivity contribution < 1.29 is 19.8 Å². The lowest BCUT2D eigenvalue weighted by molar-refractivity contribution is -0.149. The summed E-state index contributed by atoms with van der Waals surface area (Å²) in [6.45, 7) is 8.42. The minimum absolute atomic E-state index is 0.0225. The van der Waals surface area contributed by atoms with Crippen molar-refractivity contribution in [3.05, 3.63) is 0 Å². The highest BCUT2D eigenvalue weighted by molar-refractivity contribution is 6.10. The largest absolute Gasteiger partial charge is 0.481 e. The van der Waals surface area contributed by atoms with Gasteiger partial charge in [-0.15, -0.1) is 0 Å². The molecule has 5 saturated carbocycles. The number of carboxylic acids is 2. The standard InChI is InChI=1S/C26H38N2O4/c1-23(2)15-9-11-25(23,21(29)30)19(13-15)27-17-7-5-6-8-18(17)28-20-14-16-10-12-26(20,22(31)32)24(16,3)4/h15-18H,5-14H2,1-4H3,(H,29,30)(H,31,32)/t15-,16-,17+,18+,25-,26-/m1/s1. The van der Waals surface area contributed by atoms with Gasteiger partial charge in [0.1, 0.15) is 10.8 Å². The van der Waals surface area contributed by atoms with E-state index in [0.717, 1.165) is 62.8 Å². The van der Waals surface area contributed by atoms with Gasteiger partial charge in [0.2, 0.25) is 0 Å². The fraction of sp³-hybridized carbons (Fsp3) is 0.846. The van der Waals surface area contributed by atoms with E-state index >= 15 is 0 Å². The third kappa shape index (κ3) is 2.53. The summed E-state index contributed by atoms with van der Waals surface area (Å²) >= 11 is 0. The van der Waals surface area contributed by atoms with E-state index in [1.165, 1.54) is 0 Å². The highest BCUT2D eigenvalue weighted by Gasteiger charge is 2.68. The molecule has 0 spiro atoms. The predicted octanol–water partition coefficient (Wildman–Crippen LogP) is 5.00. The lowest BCUT2D eigenvalue weighted by Gasteiger charge is -2.37. The average molecular weight is 443 g/mol. The number of fused-ring (bicyclic) bond motifs is 4. The summed E-state index contributed by atoms with van der Waals surface area (Å²) < 4.78 is 0. The SMILES string of the molecule is CC1(C)[C@@H]2CC[C@]1(C(=O)O)C(=N[C@H]1CCCC[C@@H]1N=C1C[C@H]3CC[C@@]1(C(=O)O)C3(C)C)C2. The summed E-state index contributed by atoms with van der Waals surface area (Å²) in [6, 6.07) is -0.0450. The van der Waals surface area contributed by atoms with Crippen molar-refractivity contribution in [1.29, 1.82) is 0 Å². The van der Waals surface area contributed by atoms with E-state index in [4.69, 9.17) is 9.98 Å². The van der Waals surface area contributed by atoms with Crippen LogP contribution in [0.4, 0.5) is 0 Å². The molecule has 5 aliphatic rings. The van der Waals surface area contributed by atoms with Gasteiger partial charge in [0.25, 0.3) is 0 Å². The van der Waals surface area contributed by atoms with Gasteiger partial charge in [-0.25, -0.2) is 0 Å². The Balaban J connectivity index is 1.50. The first kappa shape index (κ1) is 22.1. The highest BCUT2D eigenvalue weighted by Crippen LogP contribution is 2.65. The van der Waals surface area contributed by atoms with Crippen LogP contribution in [0.25, 0.3) is 0 Å². The first-order valence-corrected chi connectivity index (χ1v) is 12.6. The molecule has 176 valence electrons. The fourth-order valence-corrected chi connectivity index (χ4v) is 8.54. The Morgan fingerprint density at radius 2 is 1.09 bits per heavy atom. The topological polar surface area (TPSA) is 99.3 Å². The molecule has 6 heteroatoms. The molecule has 5 fully saturated rings. The first-order valence-electron chi connectivity index (χ1n) is 12.6. The van der Waals surface area contributed by atoms with Crippen LogP contribution in [-0.4, -0.2) is 45.7 Å². The molecule has 5 rings (SSSR count). The van der Waals surface area contributed by atoms with Crippen molar-refractivity contribution in [2.24, 2.45) is 43.5 Å². The Morgan fingerprint density at radius 3 is 1.41 bits per heavy atom. The van der Waals surface area contributed by atoms with Crippen LogP contribution in [-0.2, 0) is 9.59 Å². The Bertz CT molecular complexity index is 845. The van der Waals surface area contributed by atoms with Crippen LogP contribution in [0.5, 0.6) is 0 Å². The monoisotopic (exact) mass is 442 g/mol. The van der Waals surface area contributed by atoms with Crippen LogP contribution >= 0.6 is 0 Å². The van der Waals surface area contributed by atoms with Crippen molar-refractivity contribution in [3.8, 4) is 0 Å². The van der Waals surface area contributed by atoms with Crippen molar-refractivity contribution in [1.82, 2.24) is 0 Å². The molecule has 6 nitrogen and oxygen atoms in total. The molecule has 0 amide bonds. The number of carboxylic acid groups (broad SMARTS) is 2. The molecule has 6 atom stereocenters. The maximum absolute atomic E-state index is 12.5. The second-order valence-electron chi connectivity index (χ2n) is 12.3. The van der Waals surface area contributed by atoms with Crippen LogP contribution in [0.3, 0.4) is 0 Å². The summed E-state index contributed by atoms with van der Waals surface area (Å²) in [5.74, 6) is -0.682. The molecule has 0 aromatic heterocycles. The molecule has 0 saturated heterocycles. The minimum Gasteiger partial charge on any atom is -0.481 e. The van der Waals surface area contributed by atoms with Crippen molar-refractivity contribution >= 4 is 23.4 Å². The van der Waals surface area contributed by atoms with Crippen molar-refractivity contribution in [2.45, 2.75) is 104 Å². The molecule has 32 heavy (non-hydrogen) atoms. The van der Waals surface area contributed by atoms with E-state index in [1.807, 2.05) is 0 Å². The van der Waals surface area contributed by atoms with Crippen LogP contribution in [0, 0.1) is 33.5 Å². The summed E-state index contributed by atoms with van der Waals surface area (Å²) in [5.41, 5.74) is -0.465. The molecule has 0 aromatic carbocycles. The summed E-state index contributed by atoms with van der Waals surface area (Å²) in [6.07, 6.45) is 8.85. The third-order valence-corrected chi connectivity index (χ3v) is 10.9. The zero-order chi connectivity index (χ0) is 23.1. The van der Waals surface area contributed by atoms with Crippen molar-refractivity contribution in [3.63, 3.8) is 0 Å². The molecular weight excluding hydrogens is 404 g/mol. The van der Waals surface area contributed by atoms with Gasteiger partial charge < -0.3 is 10.2 Å². The van der Waals surface area contributed by atoms with Crippen LogP contribution < -0.4 is 0 Å². The molecule has 0 radical (unpaired) electrons. The maximum Gasteiger partial charge on any atom is 0.315 e. The zero-order valence-electron chi connectivity index (χ0n) is 20.0. The smallest absolute Gasteiger partial charge is 0.315 e. The summed E-state index contributed by atoms with van der Waals surface area (Å²) in [4.78, 5) is 35.4. The third-order valence-electron chi connectivity index (χ3n) is 10.9. The second-order valence-corrected chi connectivity index (χ2v) is 12.3. The fourth-order valence-electron chi connectivity index (χ4n) is 8.54. The Labute approximate surface area is 191 Å². The molecule has 2 N–H and O–H groups in total. The van der Waals surface area contributed by atoms with E-state index < -0.39 is 22.8 Å². The number of aliphatic carboxylic acids is 2. The lowest BCUT2D eigenvalue weighted by Crippen LogP contribution is -2.45. The van der Waals surface area contributed by atoms with Gasteiger partial charge in [0, 0.05) is 11.4 Å². The predicted molar refractivity (Wildman–Crippen MR) is 123 cm³/mol. The van der Waals surface area contributed by atoms with Crippen LogP contribution in [0.2, 0.25) is 0 Å². The quantitative estimate of drug-likeness (QED) is 0.640. The Kier molecular flexibility index (Phi) is 4.76. The average Bonchev–Trinajstić information content (AvgIpc) is 3.30. The van der Waals surface area contributed by atoms with Gasteiger partial charge in [-0.1, -0.05) is 40.5 Å². The Hall–Kier alpha value is -1.72. The lowest BCUT2D eigenvalue weighted by atomic mass is 9.68. The Morgan fingerprint density at radius 1 is 0.719 bits per heavy atom. The van der Waals surface area contributed by atoms with E-state index in [1.54, 1.807) is 0 Å². The van der Waals surface area contributed by atoms with Gasteiger partial charge >= 0.3 is 11.9 Å². The number of rotatable bonds is 4. The number of hydrogen-bond donors (Lipinski definition) is 2. The zero-order valence-corrected chi connectivity index (χ0v) is 20.0. The van der Waals surface area contributed by atoms with Crippen molar-refractivity contribution in [2.75, 3.05) is 0 Å². The van der Waals surface area contributed by atoms with Gasteiger partial charge in [-0.05, 0) is 74.0 Å². The van der Waals surface area contributed by atoms with E-state index in [9.17, 15) is 19.8 Å². The van der Waals surface area contributed by atoms with E-state index in [2.05, 4.69) is 27.7 Å². The number of hydrogen-bond acceptors (Lipinski definition) is 4. The van der Waals surface area contributed by atoms with Crippen LogP contribution in [0.15, 0.2) is 9.98 Å². The molecule has 5 aliphatic carbocycles. The minimum atomic E-state index is -0.844. The van der Waals surface area contributed by atoms with Gasteiger partial charge in [-0.2, -0.15) is 0 Å². The number of nitrogens with zero attached hydrogens (tertiary/aromatic N) is 2. The second kappa shape index (κ2) is 6.89. The molecular formula is C26H38N2O4. The molecule has 0 unspecified atom stereocenters. The maximum atomic E-state index is 12.5. The normalized spacial score (nSPS) is 46.2. The summed E-state index contributed by atoms with van der Waals surface area (Å²) in [5, 5.41) is 20.5. The van der Waals surface area contributed by atoms with Gasteiger partial charge in [0.15, 0.2) is 0 Å². The van der Waals surface area contributed by atoms with E-state index in [-0.39, 0.29) is 22.9 Å². The van der Waals surface area contributed by atoms with Crippen LogP contribution in [0.1, 0.15) is 91.9 Å². The highest BCUT2D eigenvalue weighted by atomic mass is 16.4. The number of aliphatic imine (C=N–C) groups is 2. The summed E-state index contributed by atoms with van der Waals surface area (Å²) in [7, 11) is 0. The number of carbonyl (C=O) groups is 2. The van der Waals surface area contributed by atoms with Gasteiger partial charge in [-0.3, -0.25) is 19.6 Å². The van der Waals surface area contributed by atoms with Gasteiger partial charge in [0.05, 0.1) is 12.1 Å². The molecule has 0 aliphatic heterocycles. The molecule has 0 aromatic rings. The first-order chi connectivity index (χ1) is 15.0.